The fraction of sp³-hybridized carbons (Fsp3) is 0.500. The first-order valence-electron chi connectivity index (χ1n) is 5.68. The zero-order chi connectivity index (χ0) is 12.8. The fourth-order valence-electron chi connectivity index (χ4n) is 1.52. The molecule has 0 aromatic carbocycles. The Morgan fingerprint density at radius 2 is 2.24 bits per heavy atom. The summed E-state index contributed by atoms with van der Waals surface area (Å²) in [6.07, 6.45) is 1.81. The lowest BCUT2D eigenvalue weighted by Gasteiger charge is -2.24. The number of primary amides is 1. The third kappa shape index (κ3) is 4.40. The van der Waals surface area contributed by atoms with Crippen molar-refractivity contribution < 1.29 is 4.79 Å². The molecule has 1 heterocycles. The predicted octanol–water partition coefficient (Wildman–Crippen LogP) is 0.819. The van der Waals surface area contributed by atoms with Crippen molar-refractivity contribution in [3.05, 3.63) is 23.9 Å². The minimum Gasteiger partial charge on any atom is -0.373 e. The number of hydrogen-bond donors (Lipinski definition) is 2. The highest BCUT2D eigenvalue weighted by Gasteiger charge is 2.12. The lowest BCUT2D eigenvalue weighted by molar-refractivity contribution is -0.119. The van der Waals surface area contributed by atoms with Crippen LogP contribution in [0.3, 0.4) is 0 Å². The van der Waals surface area contributed by atoms with Crippen molar-refractivity contribution >= 4 is 11.7 Å². The van der Waals surface area contributed by atoms with Gasteiger partial charge in [0, 0.05) is 25.8 Å². The number of carbonyl (C=O) groups is 1. The molecular weight excluding hydrogens is 216 g/mol. The van der Waals surface area contributed by atoms with Gasteiger partial charge in [0.25, 0.3) is 0 Å². The average Bonchev–Trinajstić information content (AvgIpc) is 2.28. The van der Waals surface area contributed by atoms with E-state index in [4.69, 9.17) is 5.73 Å². The van der Waals surface area contributed by atoms with Crippen LogP contribution in [0.15, 0.2) is 18.3 Å². The number of nitrogens with one attached hydrogen (secondary N) is 1. The molecule has 0 bridgehead atoms. The summed E-state index contributed by atoms with van der Waals surface area (Å²) < 4.78 is 0. The standard InChI is InChI=1S/C12H20N4O/c1-9(2)16(8-11(13)17)7-10-4-5-12(14-3)15-6-10/h4-6,9H,7-8H2,1-3H3,(H2,13,17)(H,14,15). The molecule has 1 rings (SSSR count). The molecular formula is C12H20N4O. The average molecular weight is 236 g/mol. The Kier molecular flexibility index (Phi) is 4.90. The number of hydrogen-bond acceptors (Lipinski definition) is 4. The lowest BCUT2D eigenvalue weighted by atomic mass is 10.2. The van der Waals surface area contributed by atoms with Crippen molar-refractivity contribution in [1.29, 1.82) is 0 Å². The monoisotopic (exact) mass is 236 g/mol. The Labute approximate surface area is 102 Å². The van der Waals surface area contributed by atoms with Gasteiger partial charge in [-0.15, -0.1) is 0 Å². The first kappa shape index (κ1) is 13.4. The smallest absolute Gasteiger partial charge is 0.231 e. The number of carbonyl (C=O) groups excluding carboxylic acids is 1. The van der Waals surface area contributed by atoms with E-state index in [0.717, 1.165) is 11.4 Å². The molecule has 5 nitrogen and oxygen atoms in total. The third-order valence-electron chi connectivity index (χ3n) is 2.56. The van der Waals surface area contributed by atoms with E-state index in [1.54, 1.807) is 0 Å². The predicted molar refractivity (Wildman–Crippen MR) is 68.5 cm³/mol. The fourth-order valence-corrected chi connectivity index (χ4v) is 1.52. The maximum absolute atomic E-state index is 11.0. The van der Waals surface area contributed by atoms with Gasteiger partial charge in [0.15, 0.2) is 0 Å². The second-order valence-electron chi connectivity index (χ2n) is 4.27. The minimum absolute atomic E-state index is 0.269. The van der Waals surface area contributed by atoms with Crippen LogP contribution in [0.1, 0.15) is 19.4 Å². The number of rotatable bonds is 6. The van der Waals surface area contributed by atoms with Crippen LogP contribution in [0.2, 0.25) is 0 Å². The van der Waals surface area contributed by atoms with Crippen LogP contribution in [0.4, 0.5) is 5.82 Å². The summed E-state index contributed by atoms with van der Waals surface area (Å²) >= 11 is 0. The minimum atomic E-state index is -0.307. The maximum Gasteiger partial charge on any atom is 0.231 e. The molecule has 0 fully saturated rings. The van der Waals surface area contributed by atoms with Crippen molar-refractivity contribution in [3.8, 4) is 0 Å². The highest BCUT2D eigenvalue weighted by molar-refractivity contribution is 5.75. The lowest BCUT2D eigenvalue weighted by Crippen LogP contribution is -2.37. The van der Waals surface area contributed by atoms with Gasteiger partial charge in [0.05, 0.1) is 6.54 Å². The van der Waals surface area contributed by atoms with E-state index >= 15 is 0 Å². The van der Waals surface area contributed by atoms with Crippen LogP contribution in [0.5, 0.6) is 0 Å². The Balaban J connectivity index is 2.68. The Bertz CT molecular complexity index is 361. The highest BCUT2D eigenvalue weighted by atomic mass is 16.1. The highest BCUT2D eigenvalue weighted by Crippen LogP contribution is 2.09. The van der Waals surface area contributed by atoms with Gasteiger partial charge in [0.1, 0.15) is 5.82 Å². The van der Waals surface area contributed by atoms with Crippen molar-refractivity contribution in [2.24, 2.45) is 5.73 Å². The molecule has 0 spiro atoms. The van der Waals surface area contributed by atoms with E-state index in [9.17, 15) is 4.79 Å². The van der Waals surface area contributed by atoms with Crippen LogP contribution in [-0.4, -0.2) is 35.4 Å². The van der Waals surface area contributed by atoms with E-state index in [1.165, 1.54) is 0 Å². The zero-order valence-electron chi connectivity index (χ0n) is 10.6. The summed E-state index contributed by atoms with van der Waals surface area (Å²) in [5.41, 5.74) is 6.29. The van der Waals surface area contributed by atoms with Gasteiger partial charge in [-0.1, -0.05) is 6.07 Å². The van der Waals surface area contributed by atoms with Crippen LogP contribution in [0.25, 0.3) is 0 Å². The molecule has 5 heteroatoms. The van der Waals surface area contributed by atoms with Crippen LogP contribution >= 0.6 is 0 Å². The van der Waals surface area contributed by atoms with E-state index in [0.29, 0.717) is 6.54 Å². The van der Waals surface area contributed by atoms with E-state index in [1.807, 2.05) is 44.1 Å². The van der Waals surface area contributed by atoms with Gasteiger partial charge >= 0.3 is 0 Å². The number of aromatic nitrogens is 1. The molecule has 94 valence electrons. The normalized spacial score (nSPS) is 10.9. The molecule has 0 saturated carbocycles. The summed E-state index contributed by atoms with van der Waals surface area (Å²) in [5, 5.41) is 2.96. The molecule has 3 N–H and O–H groups in total. The number of amides is 1. The van der Waals surface area contributed by atoms with Gasteiger partial charge in [-0.2, -0.15) is 0 Å². The largest absolute Gasteiger partial charge is 0.373 e. The Morgan fingerprint density at radius 3 is 2.65 bits per heavy atom. The van der Waals surface area contributed by atoms with E-state index in [2.05, 4.69) is 10.3 Å². The zero-order valence-corrected chi connectivity index (χ0v) is 10.6. The molecule has 0 radical (unpaired) electrons. The SMILES string of the molecule is CNc1ccc(CN(CC(N)=O)C(C)C)cn1. The topological polar surface area (TPSA) is 71.2 Å². The summed E-state index contributed by atoms with van der Waals surface area (Å²) in [5.74, 6) is 0.526. The van der Waals surface area contributed by atoms with Crippen molar-refractivity contribution in [2.75, 3.05) is 18.9 Å². The summed E-state index contributed by atoms with van der Waals surface area (Å²) in [7, 11) is 1.83. The van der Waals surface area contributed by atoms with Gasteiger partial charge in [-0.3, -0.25) is 9.69 Å². The van der Waals surface area contributed by atoms with Gasteiger partial charge in [-0.25, -0.2) is 4.98 Å². The number of nitrogens with zero attached hydrogens (tertiary/aromatic N) is 2. The number of pyridine rings is 1. The molecule has 0 unspecified atom stereocenters. The summed E-state index contributed by atoms with van der Waals surface area (Å²) in [6.45, 7) is 5.03. The molecule has 0 saturated heterocycles. The molecule has 1 aromatic rings. The quantitative estimate of drug-likeness (QED) is 0.767. The van der Waals surface area contributed by atoms with Gasteiger partial charge in [0.2, 0.25) is 5.91 Å². The van der Waals surface area contributed by atoms with E-state index < -0.39 is 0 Å². The molecule has 0 atom stereocenters. The first-order valence-corrected chi connectivity index (χ1v) is 5.68. The molecule has 1 aromatic heterocycles. The first-order chi connectivity index (χ1) is 8.02. The Hall–Kier alpha value is -1.62. The molecule has 0 aliphatic carbocycles. The molecule has 1 amide bonds. The molecule has 0 aliphatic heterocycles. The third-order valence-corrected chi connectivity index (χ3v) is 2.56. The van der Waals surface area contributed by atoms with Crippen LogP contribution < -0.4 is 11.1 Å². The second-order valence-corrected chi connectivity index (χ2v) is 4.27. The second kappa shape index (κ2) is 6.20. The van der Waals surface area contributed by atoms with Crippen LogP contribution in [-0.2, 0) is 11.3 Å². The van der Waals surface area contributed by atoms with Gasteiger partial charge in [-0.05, 0) is 25.5 Å². The summed E-state index contributed by atoms with van der Waals surface area (Å²) in [6, 6.07) is 4.18. The molecule has 0 aliphatic rings. The summed E-state index contributed by atoms with van der Waals surface area (Å²) in [4.78, 5) is 17.2. The van der Waals surface area contributed by atoms with Crippen molar-refractivity contribution in [3.63, 3.8) is 0 Å². The maximum atomic E-state index is 11.0. The van der Waals surface area contributed by atoms with Crippen LogP contribution in [0, 0.1) is 0 Å². The van der Waals surface area contributed by atoms with E-state index in [-0.39, 0.29) is 18.5 Å². The van der Waals surface area contributed by atoms with Crippen molar-refractivity contribution in [1.82, 2.24) is 9.88 Å². The van der Waals surface area contributed by atoms with Gasteiger partial charge < -0.3 is 11.1 Å². The number of anilines is 1. The molecule has 17 heavy (non-hydrogen) atoms. The van der Waals surface area contributed by atoms with Crippen molar-refractivity contribution in [2.45, 2.75) is 26.4 Å². The Morgan fingerprint density at radius 1 is 1.53 bits per heavy atom. The number of nitrogens with two attached hydrogens (primary N) is 1.